The van der Waals surface area contributed by atoms with Crippen LogP contribution < -0.4 is 9.47 Å². The number of carbonyl (C=O) groups excluding carboxylic acids is 1. The number of ether oxygens (including phenoxy) is 2. The monoisotopic (exact) mass is 491 g/mol. The van der Waals surface area contributed by atoms with E-state index in [9.17, 15) is 4.79 Å². The molecular formula is C30H37NO3S. The normalized spacial score (nSPS) is 21.2. The summed E-state index contributed by atoms with van der Waals surface area (Å²) < 4.78 is 12.6. The quantitative estimate of drug-likeness (QED) is 0.310. The van der Waals surface area contributed by atoms with Crippen LogP contribution >= 0.6 is 11.3 Å². The summed E-state index contributed by atoms with van der Waals surface area (Å²) in [5.74, 6) is 2.96. The van der Waals surface area contributed by atoms with Crippen LogP contribution in [0.4, 0.5) is 0 Å². The first-order valence-electron chi connectivity index (χ1n) is 13.2. The van der Waals surface area contributed by atoms with Gasteiger partial charge in [-0.15, -0.1) is 11.3 Å². The number of nitrogens with zero attached hydrogens (tertiary/aromatic N) is 1. The van der Waals surface area contributed by atoms with Gasteiger partial charge in [-0.3, -0.25) is 9.69 Å². The van der Waals surface area contributed by atoms with Crippen LogP contribution in [0.1, 0.15) is 78.6 Å². The highest BCUT2D eigenvalue weighted by Crippen LogP contribution is 2.45. The van der Waals surface area contributed by atoms with Crippen LogP contribution in [-0.4, -0.2) is 44.0 Å². The van der Waals surface area contributed by atoms with Gasteiger partial charge in [-0.2, -0.15) is 0 Å². The van der Waals surface area contributed by atoms with Gasteiger partial charge in [0.15, 0.2) is 5.78 Å². The number of carbonyl (C=O) groups is 1. The molecule has 5 heteroatoms. The highest BCUT2D eigenvalue weighted by atomic mass is 32.1. The fourth-order valence-electron chi connectivity index (χ4n) is 5.74. The van der Waals surface area contributed by atoms with Crippen molar-refractivity contribution in [2.45, 2.75) is 57.8 Å². The molecule has 2 atom stereocenters. The van der Waals surface area contributed by atoms with E-state index in [4.69, 9.17) is 9.47 Å². The predicted octanol–water partition coefficient (Wildman–Crippen LogP) is 7.30. The summed E-state index contributed by atoms with van der Waals surface area (Å²) in [6.07, 6.45) is 8.79. The minimum Gasteiger partial charge on any atom is -0.497 e. The van der Waals surface area contributed by atoms with Crippen molar-refractivity contribution in [1.29, 1.82) is 0 Å². The zero-order valence-corrected chi connectivity index (χ0v) is 21.9. The molecule has 1 aromatic heterocycles. The van der Waals surface area contributed by atoms with Crippen LogP contribution in [0.5, 0.6) is 11.5 Å². The maximum atomic E-state index is 13.9. The Balaban J connectivity index is 1.36. The molecule has 0 N–H and O–H groups in total. The first kappa shape index (κ1) is 24.3. The molecule has 1 saturated heterocycles. The van der Waals surface area contributed by atoms with Crippen LogP contribution in [0.15, 0.2) is 42.5 Å². The number of ketones is 1. The van der Waals surface area contributed by atoms with Gasteiger partial charge in [0, 0.05) is 32.6 Å². The molecule has 3 aromatic rings. The van der Waals surface area contributed by atoms with Gasteiger partial charge in [-0.25, -0.2) is 0 Å². The van der Waals surface area contributed by atoms with E-state index in [1.807, 2.05) is 30.3 Å². The van der Waals surface area contributed by atoms with Gasteiger partial charge in [-0.05, 0) is 93.1 Å². The lowest BCUT2D eigenvalue weighted by Crippen LogP contribution is -2.33. The molecule has 35 heavy (non-hydrogen) atoms. The van der Waals surface area contributed by atoms with Crippen molar-refractivity contribution in [3.05, 3.63) is 58.5 Å². The number of methoxy groups -OCH3 is 1. The molecular weight excluding hydrogens is 454 g/mol. The second kappa shape index (κ2) is 11.1. The molecule has 1 saturated carbocycles. The molecule has 0 radical (unpaired) electrons. The van der Waals surface area contributed by atoms with Crippen LogP contribution in [0.3, 0.4) is 0 Å². The maximum absolute atomic E-state index is 13.9. The first-order valence-corrected chi connectivity index (χ1v) is 14.0. The van der Waals surface area contributed by atoms with E-state index >= 15 is 0 Å². The predicted molar refractivity (Wildman–Crippen MR) is 144 cm³/mol. The molecule has 0 amide bonds. The third-order valence-electron chi connectivity index (χ3n) is 7.70. The lowest BCUT2D eigenvalue weighted by atomic mass is 9.80. The van der Waals surface area contributed by atoms with Crippen molar-refractivity contribution < 1.29 is 14.3 Å². The molecule has 1 aliphatic heterocycles. The van der Waals surface area contributed by atoms with Gasteiger partial charge >= 0.3 is 0 Å². The van der Waals surface area contributed by atoms with Crippen molar-refractivity contribution in [2.75, 3.05) is 33.4 Å². The van der Waals surface area contributed by atoms with E-state index in [-0.39, 0.29) is 5.78 Å². The van der Waals surface area contributed by atoms with E-state index in [2.05, 4.69) is 24.0 Å². The van der Waals surface area contributed by atoms with Crippen LogP contribution in [0.25, 0.3) is 10.1 Å². The Morgan fingerprint density at radius 3 is 2.51 bits per heavy atom. The Bertz CT molecular complexity index is 1150. The summed E-state index contributed by atoms with van der Waals surface area (Å²) in [6, 6.07) is 13.9. The average Bonchev–Trinajstić information content (AvgIpc) is 3.28. The maximum Gasteiger partial charge on any atom is 0.194 e. The second-order valence-corrected chi connectivity index (χ2v) is 11.4. The Morgan fingerprint density at radius 2 is 1.77 bits per heavy atom. The molecule has 0 spiro atoms. The first-order chi connectivity index (χ1) is 17.1. The molecule has 1 aliphatic carbocycles. The fourth-order valence-corrected chi connectivity index (χ4v) is 7.12. The Kier molecular flexibility index (Phi) is 7.74. The molecule has 5 rings (SSSR count). The molecule has 2 unspecified atom stereocenters. The largest absolute Gasteiger partial charge is 0.497 e. The number of hydrogen-bond donors (Lipinski definition) is 0. The van der Waals surface area contributed by atoms with E-state index in [1.165, 1.54) is 56.5 Å². The Morgan fingerprint density at radius 1 is 1.00 bits per heavy atom. The number of likely N-dealkylation sites (tertiary alicyclic amines) is 1. The molecule has 4 nitrogen and oxygen atoms in total. The van der Waals surface area contributed by atoms with E-state index < -0.39 is 0 Å². The summed E-state index contributed by atoms with van der Waals surface area (Å²) in [7, 11) is 1.70. The number of hydrogen-bond acceptors (Lipinski definition) is 5. The van der Waals surface area contributed by atoms with Gasteiger partial charge in [-0.1, -0.05) is 26.2 Å². The number of thiophene rings is 1. The summed E-state index contributed by atoms with van der Waals surface area (Å²) in [4.78, 5) is 17.6. The minimum absolute atomic E-state index is 0.120. The highest BCUT2D eigenvalue weighted by Gasteiger charge is 2.29. The Labute approximate surface area is 213 Å². The summed E-state index contributed by atoms with van der Waals surface area (Å²) >= 11 is 1.78. The van der Waals surface area contributed by atoms with Gasteiger partial charge in [0.05, 0.1) is 7.11 Å². The van der Waals surface area contributed by atoms with Crippen molar-refractivity contribution in [1.82, 2.24) is 4.90 Å². The molecule has 186 valence electrons. The molecule has 2 aromatic carbocycles. The molecule has 2 fully saturated rings. The van der Waals surface area contributed by atoms with E-state index in [0.717, 1.165) is 45.7 Å². The van der Waals surface area contributed by atoms with Crippen LogP contribution in [0.2, 0.25) is 0 Å². The summed E-state index contributed by atoms with van der Waals surface area (Å²) in [5, 5.41) is 1.05. The van der Waals surface area contributed by atoms with Crippen LogP contribution in [-0.2, 0) is 0 Å². The lowest BCUT2D eigenvalue weighted by molar-refractivity contribution is 0.103. The smallest absolute Gasteiger partial charge is 0.194 e. The zero-order chi connectivity index (χ0) is 24.2. The molecule has 0 bridgehead atoms. The lowest BCUT2D eigenvalue weighted by Gasteiger charge is -2.26. The van der Waals surface area contributed by atoms with Crippen molar-refractivity contribution >= 4 is 27.2 Å². The van der Waals surface area contributed by atoms with Crippen molar-refractivity contribution in [2.24, 2.45) is 5.92 Å². The molecule has 2 aliphatic rings. The third-order valence-corrected chi connectivity index (χ3v) is 9.02. The van der Waals surface area contributed by atoms with Gasteiger partial charge in [0.25, 0.3) is 0 Å². The number of fused-ring (bicyclic) bond motifs is 1. The fraction of sp³-hybridized carbons (Fsp3) is 0.500. The highest BCUT2D eigenvalue weighted by molar-refractivity contribution is 7.19. The summed E-state index contributed by atoms with van der Waals surface area (Å²) in [5.41, 5.74) is 1.62. The van der Waals surface area contributed by atoms with E-state index in [1.54, 1.807) is 18.4 Å². The number of rotatable bonds is 8. The zero-order valence-electron chi connectivity index (χ0n) is 21.1. The van der Waals surface area contributed by atoms with Gasteiger partial charge in [0.1, 0.15) is 18.1 Å². The van der Waals surface area contributed by atoms with Crippen LogP contribution in [0, 0.1) is 5.92 Å². The van der Waals surface area contributed by atoms with Gasteiger partial charge < -0.3 is 9.47 Å². The topological polar surface area (TPSA) is 38.8 Å². The Hall–Kier alpha value is -2.37. The number of piperidine rings is 1. The molecule has 2 heterocycles. The van der Waals surface area contributed by atoms with E-state index in [0.29, 0.717) is 18.4 Å². The minimum atomic E-state index is 0.120. The summed E-state index contributed by atoms with van der Waals surface area (Å²) in [6.45, 7) is 6.36. The standard InChI is InChI=1S/C30H37NO3S/c1-21-7-6-8-23(19-21)30-28(26-14-13-25(33-2)20-27(26)35-30)29(32)22-9-11-24(12-10-22)34-18-17-31-15-4-3-5-16-31/h9-14,20-21,23H,3-8,15-19H2,1-2H3. The SMILES string of the molecule is COc1ccc2c(C(=O)c3ccc(OCCN4CCCCC4)cc3)c(C3CCCC(C)C3)sc2c1. The average molecular weight is 492 g/mol. The number of benzene rings is 2. The third kappa shape index (κ3) is 5.57. The van der Waals surface area contributed by atoms with Gasteiger partial charge in [0.2, 0.25) is 0 Å². The van der Waals surface area contributed by atoms with Crippen molar-refractivity contribution in [3.8, 4) is 11.5 Å². The van der Waals surface area contributed by atoms with Crippen molar-refractivity contribution in [3.63, 3.8) is 0 Å². The second-order valence-electron chi connectivity index (χ2n) is 10.3.